The fourth-order valence-corrected chi connectivity index (χ4v) is 2.60. The molecule has 0 unspecified atom stereocenters. The van der Waals surface area contributed by atoms with E-state index in [1.807, 2.05) is 49.4 Å². The highest BCUT2D eigenvalue weighted by Gasteiger charge is 2.11. The highest BCUT2D eigenvalue weighted by atomic mass is 79.9. The maximum absolute atomic E-state index is 12.1. The van der Waals surface area contributed by atoms with Crippen LogP contribution in [0.4, 0.5) is 0 Å². The Hall–Kier alpha value is -1.13. The number of hydrogen-bond acceptors (Lipinski definition) is 1. The fourth-order valence-electron chi connectivity index (χ4n) is 1.74. The smallest absolute Gasteiger partial charge is 0.252 e. The number of hydrogen-bond donors (Lipinski definition) is 1. The number of nitrogens with one attached hydrogen (secondary N) is 1. The molecule has 98 valence electrons. The van der Waals surface area contributed by atoms with Crippen LogP contribution in [0, 0.1) is 6.92 Å². The Kier molecular flexibility index (Phi) is 4.77. The Morgan fingerprint density at radius 3 is 2.58 bits per heavy atom. The van der Waals surface area contributed by atoms with Crippen molar-refractivity contribution in [3.63, 3.8) is 0 Å². The molecule has 0 heterocycles. The molecule has 2 rings (SSSR count). The lowest BCUT2D eigenvalue weighted by atomic mass is 10.1. The van der Waals surface area contributed by atoms with E-state index in [1.165, 1.54) is 0 Å². The highest BCUT2D eigenvalue weighted by Crippen LogP contribution is 2.21. The van der Waals surface area contributed by atoms with Crippen LogP contribution < -0.4 is 5.32 Å². The molecule has 0 aliphatic carbocycles. The number of aryl methyl sites for hydroxylation is 1. The summed E-state index contributed by atoms with van der Waals surface area (Å²) in [5.74, 6) is -0.0775. The summed E-state index contributed by atoms with van der Waals surface area (Å²) in [5.41, 5.74) is 2.76. The molecule has 2 aromatic rings. The first-order chi connectivity index (χ1) is 9.09. The van der Waals surface area contributed by atoms with E-state index in [4.69, 9.17) is 0 Å². The van der Waals surface area contributed by atoms with Gasteiger partial charge in [-0.05, 0) is 46.1 Å². The third kappa shape index (κ3) is 3.45. The average molecular weight is 383 g/mol. The maximum atomic E-state index is 12.1. The zero-order valence-corrected chi connectivity index (χ0v) is 13.6. The normalized spacial score (nSPS) is 10.3. The molecule has 0 atom stereocenters. The number of carbonyl (C=O) groups excluding carboxylic acids is 1. The number of halogens is 2. The monoisotopic (exact) mass is 381 g/mol. The van der Waals surface area contributed by atoms with Gasteiger partial charge in [0, 0.05) is 15.5 Å². The number of rotatable bonds is 3. The average Bonchev–Trinajstić information content (AvgIpc) is 2.40. The maximum Gasteiger partial charge on any atom is 0.252 e. The molecule has 0 aliphatic heterocycles. The molecule has 2 aromatic carbocycles. The van der Waals surface area contributed by atoms with Crippen molar-refractivity contribution in [3.05, 3.63) is 68.1 Å². The van der Waals surface area contributed by atoms with Gasteiger partial charge in [-0.25, -0.2) is 0 Å². The third-order valence-electron chi connectivity index (χ3n) is 2.83. The summed E-state index contributed by atoms with van der Waals surface area (Å²) in [6.45, 7) is 2.47. The Balaban J connectivity index is 2.10. The largest absolute Gasteiger partial charge is 0.348 e. The summed E-state index contributed by atoms with van der Waals surface area (Å²) in [6.07, 6.45) is 0. The van der Waals surface area contributed by atoms with Crippen molar-refractivity contribution < 1.29 is 4.79 Å². The molecule has 0 saturated heterocycles. The third-order valence-corrected chi connectivity index (χ3v) is 4.66. The molecule has 1 N–H and O–H groups in total. The molecule has 19 heavy (non-hydrogen) atoms. The molecule has 1 amide bonds. The zero-order valence-electron chi connectivity index (χ0n) is 10.4. The van der Waals surface area contributed by atoms with Crippen LogP contribution in [0.15, 0.2) is 51.4 Å². The lowest BCUT2D eigenvalue weighted by Crippen LogP contribution is -2.23. The number of benzene rings is 2. The molecule has 0 saturated carbocycles. The molecular weight excluding hydrogens is 370 g/mol. The minimum Gasteiger partial charge on any atom is -0.348 e. The van der Waals surface area contributed by atoms with Crippen molar-refractivity contribution >= 4 is 37.8 Å². The molecule has 0 aromatic heterocycles. The van der Waals surface area contributed by atoms with Gasteiger partial charge in [-0.15, -0.1) is 0 Å². The molecule has 0 bridgehead atoms. The van der Waals surface area contributed by atoms with Gasteiger partial charge in [0.25, 0.3) is 5.91 Å². The van der Waals surface area contributed by atoms with E-state index >= 15 is 0 Å². The first kappa shape index (κ1) is 14.3. The standard InChI is InChI=1S/C15H13Br2NO/c1-10-5-4-7-12(14(10)17)15(19)18-9-11-6-2-3-8-13(11)16/h2-8H,9H2,1H3,(H,18,19). The lowest BCUT2D eigenvalue weighted by Gasteiger charge is -2.09. The lowest BCUT2D eigenvalue weighted by molar-refractivity contribution is 0.0950. The highest BCUT2D eigenvalue weighted by molar-refractivity contribution is 9.10. The van der Waals surface area contributed by atoms with E-state index in [0.717, 1.165) is 20.1 Å². The topological polar surface area (TPSA) is 29.1 Å². The minimum atomic E-state index is -0.0775. The SMILES string of the molecule is Cc1cccc(C(=O)NCc2ccccc2Br)c1Br. The van der Waals surface area contributed by atoms with Gasteiger partial charge >= 0.3 is 0 Å². The summed E-state index contributed by atoms with van der Waals surface area (Å²) in [6, 6.07) is 13.5. The predicted molar refractivity (Wildman–Crippen MR) is 84.2 cm³/mol. The summed E-state index contributed by atoms with van der Waals surface area (Å²) in [7, 11) is 0. The van der Waals surface area contributed by atoms with Crippen LogP contribution in [0.5, 0.6) is 0 Å². The van der Waals surface area contributed by atoms with E-state index in [2.05, 4.69) is 37.2 Å². The van der Waals surface area contributed by atoms with E-state index in [9.17, 15) is 4.79 Å². The minimum absolute atomic E-state index is 0.0775. The van der Waals surface area contributed by atoms with Crippen molar-refractivity contribution in [1.29, 1.82) is 0 Å². The number of amides is 1. The van der Waals surface area contributed by atoms with Crippen molar-refractivity contribution in [1.82, 2.24) is 5.32 Å². The zero-order chi connectivity index (χ0) is 13.8. The van der Waals surface area contributed by atoms with Crippen LogP contribution in [-0.4, -0.2) is 5.91 Å². The van der Waals surface area contributed by atoms with Crippen LogP contribution in [0.1, 0.15) is 21.5 Å². The summed E-state index contributed by atoms with van der Waals surface area (Å²) in [5, 5.41) is 2.93. The molecular formula is C15H13Br2NO. The van der Waals surface area contributed by atoms with Gasteiger partial charge < -0.3 is 5.32 Å². The molecule has 4 heteroatoms. The quantitative estimate of drug-likeness (QED) is 0.834. The van der Waals surface area contributed by atoms with Crippen LogP contribution in [0.25, 0.3) is 0 Å². The van der Waals surface area contributed by atoms with Crippen molar-refractivity contribution in [2.45, 2.75) is 13.5 Å². The second-order valence-electron chi connectivity index (χ2n) is 4.21. The summed E-state index contributed by atoms with van der Waals surface area (Å²) < 4.78 is 1.85. The van der Waals surface area contributed by atoms with Crippen molar-refractivity contribution in [2.24, 2.45) is 0 Å². The molecule has 0 aliphatic rings. The first-order valence-electron chi connectivity index (χ1n) is 5.86. The summed E-state index contributed by atoms with van der Waals surface area (Å²) >= 11 is 6.92. The Labute approximate surface area is 129 Å². The van der Waals surface area contributed by atoms with Crippen LogP contribution in [0.2, 0.25) is 0 Å². The number of carbonyl (C=O) groups is 1. The van der Waals surface area contributed by atoms with Gasteiger partial charge in [0.1, 0.15) is 0 Å². The second-order valence-corrected chi connectivity index (χ2v) is 5.86. The first-order valence-corrected chi connectivity index (χ1v) is 7.45. The van der Waals surface area contributed by atoms with Gasteiger partial charge in [-0.3, -0.25) is 4.79 Å². The van der Waals surface area contributed by atoms with Gasteiger partial charge in [-0.2, -0.15) is 0 Å². The second kappa shape index (κ2) is 6.35. The van der Waals surface area contributed by atoms with Gasteiger partial charge in [0.2, 0.25) is 0 Å². The Bertz CT molecular complexity index is 611. The van der Waals surface area contributed by atoms with Gasteiger partial charge in [0.15, 0.2) is 0 Å². The van der Waals surface area contributed by atoms with Crippen LogP contribution in [0.3, 0.4) is 0 Å². The Morgan fingerprint density at radius 1 is 1.11 bits per heavy atom. The van der Waals surface area contributed by atoms with Crippen LogP contribution in [-0.2, 0) is 6.54 Å². The predicted octanol–water partition coefficient (Wildman–Crippen LogP) is 4.45. The van der Waals surface area contributed by atoms with Gasteiger partial charge in [0.05, 0.1) is 5.56 Å². The molecule has 0 fully saturated rings. The molecule has 0 radical (unpaired) electrons. The molecule has 0 spiro atoms. The van der Waals surface area contributed by atoms with E-state index in [-0.39, 0.29) is 5.91 Å². The summed E-state index contributed by atoms with van der Waals surface area (Å²) in [4.78, 5) is 12.1. The van der Waals surface area contributed by atoms with Crippen molar-refractivity contribution in [3.8, 4) is 0 Å². The van der Waals surface area contributed by atoms with Crippen LogP contribution >= 0.6 is 31.9 Å². The van der Waals surface area contributed by atoms with Gasteiger partial charge in [-0.1, -0.05) is 46.3 Å². The Morgan fingerprint density at radius 2 is 1.84 bits per heavy atom. The van der Waals surface area contributed by atoms with E-state index < -0.39 is 0 Å². The fraction of sp³-hybridized carbons (Fsp3) is 0.133. The molecule has 2 nitrogen and oxygen atoms in total. The van der Waals surface area contributed by atoms with E-state index in [1.54, 1.807) is 0 Å². The van der Waals surface area contributed by atoms with E-state index in [0.29, 0.717) is 12.1 Å². The van der Waals surface area contributed by atoms with Crippen molar-refractivity contribution in [2.75, 3.05) is 0 Å².